The summed E-state index contributed by atoms with van der Waals surface area (Å²) in [6.07, 6.45) is 0.684. The van der Waals surface area contributed by atoms with Crippen molar-refractivity contribution in [3.8, 4) is 6.07 Å². The van der Waals surface area contributed by atoms with Gasteiger partial charge in [0, 0.05) is 17.7 Å². The lowest BCUT2D eigenvalue weighted by atomic mass is 9.80. The van der Waals surface area contributed by atoms with E-state index in [-0.39, 0.29) is 17.7 Å². The average Bonchev–Trinajstić information content (AvgIpc) is 2.52. The second-order valence-electron chi connectivity index (χ2n) is 8.23. The molecule has 144 valence electrons. The molecule has 0 amide bonds. The lowest BCUT2D eigenvalue weighted by Crippen LogP contribution is -2.47. The summed E-state index contributed by atoms with van der Waals surface area (Å²) >= 11 is 0. The minimum atomic E-state index is -1.53. The Morgan fingerprint density at radius 3 is 2.27 bits per heavy atom. The minimum Gasteiger partial charge on any atom is -0.258 e. The van der Waals surface area contributed by atoms with Gasteiger partial charge in [0.2, 0.25) is 0 Å². The van der Waals surface area contributed by atoms with Gasteiger partial charge in [0.15, 0.2) is 0 Å². The first-order valence-electron chi connectivity index (χ1n) is 8.27. The maximum Gasteiger partial charge on any atom is 0.269 e. The molecule has 0 bridgehead atoms. The Hall–Kier alpha value is -1.85. The molecule has 1 aromatic carbocycles. The fourth-order valence-electron chi connectivity index (χ4n) is 2.27. The molecule has 0 saturated carbocycles. The zero-order valence-corrected chi connectivity index (χ0v) is 16.9. The first-order chi connectivity index (χ1) is 11.7. The Labute approximate surface area is 156 Å². The topological polar surface area (TPSA) is 96.0 Å². The number of nitrogens with zero attached hydrogens (tertiary/aromatic N) is 2. The molecule has 6 nitrogen and oxygen atoms in total. The highest BCUT2D eigenvalue weighted by atomic mass is 32.2. The number of nitrogens with one attached hydrogen (secondary N) is 1. The molecule has 0 aromatic heterocycles. The zero-order chi connectivity index (χ0) is 20.3. The number of nitriles is 1. The van der Waals surface area contributed by atoms with Crippen LogP contribution in [0.3, 0.4) is 0 Å². The Morgan fingerprint density at radius 1 is 1.23 bits per heavy atom. The molecule has 0 fully saturated rings. The summed E-state index contributed by atoms with van der Waals surface area (Å²) in [7, 11) is -1.53. The van der Waals surface area contributed by atoms with Crippen LogP contribution >= 0.6 is 0 Å². The van der Waals surface area contributed by atoms with Crippen molar-refractivity contribution in [2.45, 2.75) is 64.7 Å². The highest BCUT2D eigenvalue weighted by Gasteiger charge is 2.37. The van der Waals surface area contributed by atoms with Crippen molar-refractivity contribution < 1.29 is 13.5 Å². The molecule has 1 rings (SSSR count). The number of benzene rings is 1. The molecule has 26 heavy (non-hydrogen) atoms. The van der Waals surface area contributed by atoms with Crippen molar-refractivity contribution in [2.24, 2.45) is 5.41 Å². The van der Waals surface area contributed by atoms with Crippen LogP contribution < -0.4 is 4.72 Å². The van der Waals surface area contributed by atoms with Gasteiger partial charge >= 0.3 is 0 Å². The van der Waals surface area contributed by atoms with Gasteiger partial charge in [-0.3, -0.25) is 10.1 Å². The first-order valence-corrected chi connectivity index (χ1v) is 9.42. The van der Waals surface area contributed by atoms with Crippen LogP contribution in [0.4, 0.5) is 10.1 Å². The van der Waals surface area contributed by atoms with E-state index >= 15 is 0 Å². The van der Waals surface area contributed by atoms with E-state index in [0.717, 1.165) is 12.1 Å². The molecule has 0 heterocycles. The molecule has 0 saturated heterocycles. The predicted octanol–water partition coefficient (Wildman–Crippen LogP) is 4.33. The largest absolute Gasteiger partial charge is 0.269 e. The molecule has 0 aliphatic heterocycles. The molecule has 0 aliphatic carbocycles. The van der Waals surface area contributed by atoms with E-state index in [2.05, 4.69) is 10.8 Å². The summed E-state index contributed by atoms with van der Waals surface area (Å²) in [4.78, 5) is 10.5. The number of nitro groups is 1. The first kappa shape index (κ1) is 22.2. The third-order valence-corrected chi connectivity index (χ3v) is 5.93. The van der Waals surface area contributed by atoms with Gasteiger partial charge in [0.05, 0.1) is 37.7 Å². The van der Waals surface area contributed by atoms with Crippen LogP contribution in [0.1, 0.15) is 59.9 Å². The molecule has 2 atom stereocenters. The molecule has 8 heteroatoms. The second kappa shape index (κ2) is 7.80. The summed E-state index contributed by atoms with van der Waals surface area (Å²) < 4.78 is 29.6. The van der Waals surface area contributed by atoms with Crippen LogP contribution in [0.15, 0.2) is 18.2 Å². The van der Waals surface area contributed by atoms with Crippen molar-refractivity contribution in [1.82, 2.24) is 4.72 Å². The van der Waals surface area contributed by atoms with Crippen molar-refractivity contribution in [3.63, 3.8) is 0 Å². The Morgan fingerprint density at radius 2 is 1.81 bits per heavy atom. The maximum atomic E-state index is 14.6. The number of rotatable bonds is 7. The Balaban J connectivity index is 3.40. The average molecular weight is 383 g/mol. The molecule has 0 spiro atoms. The van der Waals surface area contributed by atoms with E-state index in [9.17, 15) is 24.0 Å². The number of hydrogen-bond acceptors (Lipinski definition) is 4. The second-order valence-corrected chi connectivity index (χ2v) is 10.2. The summed E-state index contributed by atoms with van der Waals surface area (Å²) in [6, 6.07) is 5.50. The van der Waals surface area contributed by atoms with Crippen LogP contribution in [0.5, 0.6) is 0 Å². The smallest absolute Gasteiger partial charge is 0.258 e. The van der Waals surface area contributed by atoms with Crippen molar-refractivity contribution >= 4 is 16.7 Å². The Kier molecular flexibility index (Phi) is 6.66. The number of hydrogen-bond donors (Lipinski definition) is 1. The Bertz CT molecular complexity index is 753. The van der Waals surface area contributed by atoms with Crippen molar-refractivity contribution in [3.05, 3.63) is 39.7 Å². The van der Waals surface area contributed by atoms with E-state index in [1.807, 2.05) is 0 Å². The fraction of sp³-hybridized carbons (Fsp3) is 0.611. The molecule has 0 radical (unpaired) electrons. The summed E-state index contributed by atoms with van der Waals surface area (Å²) in [6.45, 7) is 10.5. The van der Waals surface area contributed by atoms with E-state index < -0.39 is 37.4 Å². The van der Waals surface area contributed by atoms with Crippen molar-refractivity contribution in [1.29, 1.82) is 5.26 Å². The van der Waals surface area contributed by atoms with E-state index in [4.69, 9.17) is 0 Å². The molecule has 0 unspecified atom stereocenters. The van der Waals surface area contributed by atoms with Gasteiger partial charge < -0.3 is 0 Å². The summed E-state index contributed by atoms with van der Waals surface area (Å²) in [5.74, 6) is -0.619. The third kappa shape index (κ3) is 5.58. The molecule has 1 N–H and O–H groups in total. The van der Waals surface area contributed by atoms with Crippen molar-refractivity contribution in [2.75, 3.05) is 0 Å². The van der Waals surface area contributed by atoms with Crippen LogP contribution in [-0.2, 0) is 16.5 Å². The predicted molar refractivity (Wildman–Crippen MR) is 100 cm³/mol. The quantitative estimate of drug-likeness (QED) is 0.560. The molecule has 0 aliphatic rings. The molecular weight excluding hydrogens is 357 g/mol. The lowest BCUT2D eigenvalue weighted by Gasteiger charge is -2.35. The summed E-state index contributed by atoms with van der Waals surface area (Å²) in [5.41, 5.74) is -1.97. The highest BCUT2D eigenvalue weighted by molar-refractivity contribution is 7.84. The van der Waals surface area contributed by atoms with Crippen LogP contribution in [-0.4, -0.2) is 13.9 Å². The molecular formula is C18H26FN3O3S. The van der Waals surface area contributed by atoms with Gasteiger partial charge in [-0.2, -0.15) is 5.26 Å². The van der Waals surface area contributed by atoms with Crippen LogP contribution in [0.25, 0.3) is 0 Å². The minimum absolute atomic E-state index is 0.0676. The van der Waals surface area contributed by atoms with E-state index in [0.29, 0.717) is 6.42 Å². The number of non-ortho nitro benzene ring substituents is 1. The van der Waals surface area contributed by atoms with Gasteiger partial charge in [-0.15, -0.1) is 0 Å². The van der Waals surface area contributed by atoms with Gasteiger partial charge in [-0.05, 0) is 60.5 Å². The SMILES string of the molecule is CC(C)(C#N)CC[C@](C)(N[S@](=O)C(C)(C)C)c1cc([N+](=O)[O-])ccc1F. The molecule has 1 aromatic rings. The van der Waals surface area contributed by atoms with Gasteiger partial charge in [-0.25, -0.2) is 13.3 Å². The monoisotopic (exact) mass is 383 g/mol. The van der Waals surface area contributed by atoms with Gasteiger partial charge in [-0.1, -0.05) is 0 Å². The normalized spacial score (nSPS) is 15.8. The van der Waals surface area contributed by atoms with Crippen LogP contribution in [0.2, 0.25) is 0 Å². The van der Waals surface area contributed by atoms with Gasteiger partial charge in [0.1, 0.15) is 5.82 Å². The zero-order valence-electron chi connectivity index (χ0n) is 16.1. The standard InChI is InChI=1S/C18H26FN3O3S/c1-16(2,3)26(25)21-18(6,10-9-17(4,5)12-20)14-11-13(22(23)24)7-8-15(14)19/h7-8,11,21H,9-10H2,1-6H3/t18-,26+/m0/s1. The summed E-state index contributed by atoms with van der Waals surface area (Å²) in [5, 5.41) is 20.3. The fourth-order valence-corrected chi connectivity index (χ4v) is 3.19. The third-order valence-electron chi connectivity index (χ3n) is 4.18. The van der Waals surface area contributed by atoms with E-state index in [1.54, 1.807) is 41.5 Å². The highest BCUT2D eigenvalue weighted by Crippen LogP contribution is 2.36. The lowest BCUT2D eigenvalue weighted by molar-refractivity contribution is -0.385. The maximum absolute atomic E-state index is 14.6. The van der Waals surface area contributed by atoms with E-state index in [1.165, 1.54) is 6.07 Å². The number of nitro benzene ring substituents is 1. The van der Waals surface area contributed by atoms with Gasteiger partial charge in [0.25, 0.3) is 5.69 Å². The number of halogens is 1. The van der Waals surface area contributed by atoms with Crippen LogP contribution in [0, 0.1) is 32.7 Å².